The van der Waals surface area contributed by atoms with Gasteiger partial charge in [-0.25, -0.2) is 9.37 Å². The van der Waals surface area contributed by atoms with E-state index < -0.39 is 0 Å². The molecule has 78 valence electrons. The van der Waals surface area contributed by atoms with Gasteiger partial charge in [-0.2, -0.15) is 0 Å². The van der Waals surface area contributed by atoms with E-state index >= 15 is 0 Å². The summed E-state index contributed by atoms with van der Waals surface area (Å²) in [7, 11) is 1.80. The Morgan fingerprint density at radius 2 is 2.20 bits per heavy atom. The van der Waals surface area contributed by atoms with Crippen molar-refractivity contribution in [3.8, 4) is 11.8 Å². The Morgan fingerprint density at radius 3 is 2.80 bits per heavy atom. The zero-order valence-electron chi connectivity index (χ0n) is 7.95. The molecule has 0 aliphatic rings. The zero-order valence-corrected chi connectivity index (χ0v) is 9.53. The summed E-state index contributed by atoms with van der Waals surface area (Å²) in [6, 6.07) is 4.77. The summed E-state index contributed by atoms with van der Waals surface area (Å²) < 4.78 is 20.8. The molecule has 1 aromatic carbocycles. The van der Waals surface area contributed by atoms with E-state index in [9.17, 15) is 4.39 Å². The van der Waals surface area contributed by atoms with Crippen LogP contribution in [0.4, 0.5) is 4.39 Å². The molecule has 0 unspecified atom stereocenters. The molecule has 1 heterocycles. The van der Waals surface area contributed by atoms with Gasteiger partial charge in [-0.15, -0.1) is 0 Å². The fraction of sp³-hybridized carbons (Fsp3) is 0.100. The lowest BCUT2D eigenvalue weighted by molar-refractivity contribution is 0.421. The second kappa shape index (κ2) is 4.02. The predicted molar refractivity (Wildman–Crippen MR) is 57.4 cm³/mol. The van der Waals surface area contributed by atoms with Crippen LogP contribution in [-0.2, 0) is 7.05 Å². The smallest absolute Gasteiger partial charge is 0.301 e. The van der Waals surface area contributed by atoms with Crippen LogP contribution in [0.5, 0.6) is 11.8 Å². The van der Waals surface area contributed by atoms with Crippen molar-refractivity contribution in [3.63, 3.8) is 0 Å². The molecule has 0 spiro atoms. The van der Waals surface area contributed by atoms with Crippen molar-refractivity contribution < 1.29 is 9.13 Å². The van der Waals surface area contributed by atoms with Crippen LogP contribution in [0.15, 0.2) is 35.1 Å². The molecule has 0 aliphatic carbocycles. The van der Waals surface area contributed by atoms with Crippen LogP contribution >= 0.6 is 15.9 Å². The van der Waals surface area contributed by atoms with Gasteiger partial charge in [-0.3, -0.25) is 0 Å². The van der Waals surface area contributed by atoms with Gasteiger partial charge in [0.2, 0.25) is 0 Å². The summed E-state index contributed by atoms with van der Waals surface area (Å²) in [5.74, 6) is 0.0600. The van der Waals surface area contributed by atoms with E-state index in [0.717, 1.165) is 0 Å². The van der Waals surface area contributed by atoms with Crippen molar-refractivity contribution in [1.82, 2.24) is 9.55 Å². The van der Waals surface area contributed by atoms with Gasteiger partial charge in [-0.1, -0.05) is 15.9 Å². The highest BCUT2D eigenvalue weighted by atomic mass is 79.9. The lowest BCUT2D eigenvalue weighted by Gasteiger charge is -2.05. The second-order valence-corrected chi connectivity index (χ2v) is 3.94. The van der Waals surface area contributed by atoms with Gasteiger partial charge in [0.25, 0.3) is 0 Å². The molecule has 0 saturated carbocycles. The third kappa shape index (κ3) is 2.36. The first kappa shape index (κ1) is 10.2. The van der Waals surface area contributed by atoms with Gasteiger partial charge in [-0.05, 0) is 12.1 Å². The summed E-state index contributed by atoms with van der Waals surface area (Å²) >= 11 is 3.19. The third-order valence-corrected chi connectivity index (χ3v) is 2.28. The van der Waals surface area contributed by atoms with Crippen molar-refractivity contribution >= 4 is 15.9 Å². The van der Waals surface area contributed by atoms with Crippen molar-refractivity contribution in [1.29, 1.82) is 0 Å². The summed E-state index contributed by atoms with van der Waals surface area (Å²) in [5, 5.41) is 0. The number of halogens is 2. The molecule has 0 fully saturated rings. The van der Waals surface area contributed by atoms with Gasteiger partial charge in [0.1, 0.15) is 11.6 Å². The first-order valence-electron chi connectivity index (χ1n) is 4.26. The largest absolute Gasteiger partial charge is 0.425 e. The van der Waals surface area contributed by atoms with Gasteiger partial charge in [0.05, 0.1) is 0 Å². The SMILES string of the molecule is Cn1ccnc1Oc1cc(F)cc(Br)c1. The Balaban J connectivity index is 2.28. The topological polar surface area (TPSA) is 27.1 Å². The van der Waals surface area contributed by atoms with Crippen molar-refractivity contribution in [2.75, 3.05) is 0 Å². The monoisotopic (exact) mass is 270 g/mol. The number of nitrogens with zero attached hydrogens (tertiary/aromatic N) is 2. The van der Waals surface area contributed by atoms with Crippen LogP contribution in [0.2, 0.25) is 0 Å². The number of imidazole rings is 1. The van der Waals surface area contributed by atoms with E-state index in [0.29, 0.717) is 16.2 Å². The first-order chi connectivity index (χ1) is 7.15. The summed E-state index contributed by atoms with van der Waals surface area (Å²) in [5.41, 5.74) is 0. The van der Waals surface area contributed by atoms with Crippen LogP contribution in [0.1, 0.15) is 0 Å². The number of ether oxygens (including phenoxy) is 1. The standard InChI is InChI=1S/C10H8BrFN2O/c1-14-3-2-13-10(14)15-9-5-7(11)4-8(12)6-9/h2-6H,1H3. The zero-order chi connectivity index (χ0) is 10.8. The van der Waals surface area contributed by atoms with Crippen molar-refractivity contribution in [2.24, 2.45) is 7.05 Å². The molecule has 3 nitrogen and oxygen atoms in total. The summed E-state index contributed by atoms with van der Waals surface area (Å²) in [6.45, 7) is 0. The maximum absolute atomic E-state index is 13.0. The molecule has 0 saturated heterocycles. The van der Waals surface area contributed by atoms with E-state index in [1.807, 2.05) is 0 Å². The fourth-order valence-corrected chi connectivity index (χ4v) is 1.59. The molecular weight excluding hydrogens is 263 g/mol. The van der Waals surface area contributed by atoms with E-state index in [-0.39, 0.29) is 5.82 Å². The van der Waals surface area contributed by atoms with Gasteiger partial charge >= 0.3 is 6.01 Å². The summed E-state index contributed by atoms with van der Waals surface area (Å²) in [4.78, 5) is 3.97. The molecule has 0 bridgehead atoms. The molecule has 1 aromatic heterocycles. The molecular formula is C10H8BrFN2O. The van der Waals surface area contributed by atoms with E-state index in [2.05, 4.69) is 20.9 Å². The fourth-order valence-electron chi connectivity index (χ4n) is 1.14. The maximum Gasteiger partial charge on any atom is 0.301 e. The molecule has 0 radical (unpaired) electrons. The highest BCUT2D eigenvalue weighted by Gasteiger charge is 2.04. The minimum absolute atomic E-state index is 0.353. The number of rotatable bonds is 2. The number of benzene rings is 1. The quantitative estimate of drug-likeness (QED) is 0.839. The highest BCUT2D eigenvalue weighted by Crippen LogP contribution is 2.24. The number of aromatic nitrogens is 2. The minimum atomic E-state index is -0.353. The van der Waals surface area contributed by atoms with Gasteiger partial charge in [0, 0.05) is 30.0 Å². The second-order valence-electron chi connectivity index (χ2n) is 3.03. The van der Waals surface area contributed by atoms with E-state index in [4.69, 9.17) is 4.74 Å². The minimum Gasteiger partial charge on any atom is -0.425 e. The van der Waals surface area contributed by atoms with E-state index in [1.54, 1.807) is 30.1 Å². The number of hydrogen-bond donors (Lipinski definition) is 0. The van der Waals surface area contributed by atoms with Crippen LogP contribution < -0.4 is 4.74 Å². The molecule has 15 heavy (non-hydrogen) atoms. The van der Waals surface area contributed by atoms with E-state index in [1.165, 1.54) is 12.1 Å². The molecule has 0 aliphatic heterocycles. The Kier molecular flexibility index (Phi) is 2.73. The van der Waals surface area contributed by atoms with Gasteiger partial charge < -0.3 is 9.30 Å². The molecule has 2 rings (SSSR count). The average Bonchev–Trinajstić information content (AvgIpc) is 2.50. The normalized spacial score (nSPS) is 10.3. The van der Waals surface area contributed by atoms with Crippen LogP contribution in [0, 0.1) is 5.82 Å². The molecule has 0 atom stereocenters. The Hall–Kier alpha value is -1.36. The van der Waals surface area contributed by atoms with Crippen LogP contribution in [0.25, 0.3) is 0 Å². The lowest BCUT2D eigenvalue weighted by Crippen LogP contribution is -1.93. The maximum atomic E-state index is 13.0. The van der Waals surface area contributed by atoms with Crippen molar-refractivity contribution in [3.05, 3.63) is 40.9 Å². The lowest BCUT2D eigenvalue weighted by atomic mass is 10.3. The van der Waals surface area contributed by atoms with Gasteiger partial charge in [0.15, 0.2) is 0 Å². The van der Waals surface area contributed by atoms with Crippen LogP contribution in [-0.4, -0.2) is 9.55 Å². The number of hydrogen-bond acceptors (Lipinski definition) is 2. The molecule has 2 aromatic rings. The Morgan fingerprint density at radius 1 is 1.40 bits per heavy atom. The first-order valence-corrected chi connectivity index (χ1v) is 5.06. The molecule has 0 amide bonds. The van der Waals surface area contributed by atoms with Crippen molar-refractivity contribution in [2.45, 2.75) is 0 Å². The Labute approximate surface area is 94.6 Å². The third-order valence-electron chi connectivity index (χ3n) is 1.82. The highest BCUT2D eigenvalue weighted by molar-refractivity contribution is 9.10. The molecule has 5 heteroatoms. The average molecular weight is 271 g/mol. The Bertz CT molecular complexity index is 464. The predicted octanol–water partition coefficient (Wildman–Crippen LogP) is 3.11. The van der Waals surface area contributed by atoms with Crippen LogP contribution in [0.3, 0.4) is 0 Å². The number of aryl methyl sites for hydroxylation is 1. The summed E-state index contributed by atoms with van der Waals surface area (Å²) in [6.07, 6.45) is 3.37. The molecule has 0 N–H and O–H groups in total.